The molecule has 0 aromatic heterocycles. The smallest absolute Gasteiger partial charge is 0.307 e. The summed E-state index contributed by atoms with van der Waals surface area (Å²) in [5.74, 6) is 0. The van der Waals surface area contributed by atoms with Gasteiger partial charge in [-0.15, -0.1) is 0 Å². The Balaban J connectivity index is 1.83. The molecule has 1 aromatic carbocycles. The minimum absolute atomic E-state index is 0.357. The molecule has 2 aliphatic heterocycles. The van der Waals surface area contributed by atoms with Crippen LogP contribution in [-0.2, 0) is 12.6 Å². The molecule has 3 rings (SSSR count). The lowest BCUT2D eigenvalue weighted by Gasteiger charge is -2.35. The monoisotopic (exact) mass is 281 g/mol. The van der Waals surface area contributed by atoms with Crippen LogP contribution in [0.1, 0.15) is 36.8 Å². The Morgan fingerprint density at radius 1 is 1.15 bits per heavy atom. The fourth-order valence-electron chi connectivity index (χ4n) is 3.34. The number of rotatable bonds is 2. The molecule has 1 saturated heterocycles. The fraction of sp³-hybridized carbons (Fsp3) is 0.500. The van der Waals surface area contributed by atoms with E-state index in [1.165, 1.54) is 18.6 Å². The summed E-state index contributed by atoms with van der Waals surface area (Å²) in [6.45, 7) is 0. The standard InChI is InChI=1S/C16H18F3N/c17-16(18,19)15-7-2-1-4-12(15)8-11-9-13-5-3-6-14(10-11)20-13/h1-2,4,7,9,13-14,20H,3,5-6,8,10H2. The van der Waals surface area contributed by atoms with Crippen LogP contribution in [0.15, 0.2) is 35.9 Å². The zero-order valence-electron chi connectivity index (χ0n) is 11.2. The molecule has 0 saturated carbocycles. The van der Waals surface area contributed by atoms with E-state index in [0.29, 0.717) is 24.1 Å². The number of halogens is 3. The van der Waals surface area contributed by atoms with Gasteiger partial charge in [-0.1, -0.05) is 36.3 Å². The minimum atomic E-state index is -4.26. The summed E-state index contributed by atoms with van der Waals surface area (Å²) in [5.41, 5.74) is 1.05. The second kappa shape index (κ2) is 5.24. The maximum Gasteiger partial charge on any atom is 0.416 e. The zero-order valence-corrected chi connectivity index (χ0v) is 11.2. The van der Waals surface area contributed by atoms with E-state index in [1.807, 2.05) is 0 Å². The third-order valence-corrected chi connectivity index (χ3v) is 4.20. The van der Waals surface area contributed by atoms with Gasteiger partial charge in [-0.3, -0.25) is 0 Å². The van der Waals surface area contributed by atoms with Gasteiger partial charge in [0.15, 0.2) is 0 Å². The van der Waals surface area contributed by atoms with Crippen molar-refractivity contribution < 1.29 is 13.2 Å². The van der Waals surface area contributed by atoms with Crippen LogP contribution in [0.25, 0.3) is 0 Å². The van der Waals surface area contributed by atoms with E-state index in [0.717, 1.165) is 24.8 Å². The van der Waals surface area contributed by atoms with E-state index in [4.69, 9.17) is 0 Å². The molecule has 2 heterocycles. The second-order valence-electron chi connectivity index (χ2n) is 5.76. The zero-order chi connectivity index (χ0) is 14.2. The van der Waals surface area contributed by atoms with Crippen LogP contribution in [0.2, 0.25) is 0 Å². The minimum Gasteiger partial charge on any atom is -0.307 e. The highest BCUT2D eigenvalue weighted by Crippen LogP contribution is 2.34. The van der Waals surface area contributed by atoms with Crippen LogP contribution in [-0.4, -0.2) is 12.1 Å². The van der Waals surface area contributed by atoms with E-state index in [1.54, 1.807) is 12.1 Å². The molecule has 20 heavy (non-hydrogen) atoms. The molecule has 1 fully saturated rings. The van der Waals surface area contributed by atoms with E-state index in [-0.39, 0.29) is 0 Å². The van der Waals surface area contributed by atoms with Crippen molar-refractivity contribution in [3.8, 4) is 0 Å². The van der Waals surface area contributed by atoms with Crippen molar-refractivity contribution >= 4 is 0 Å². The van der Waals surface area contributed by atoms with Crippen molar-refractivity contribution in [2.24, 2.45) is 0 Å². The first kappa shape index (κ1) is 13.7. The van der Waals surface area contributed by atoms with Crippen molar-refractivity contribution in [1.29, 1.82) is 0 Å². The topological polar surface area (TPSA) is 12.0 Å². The molecular formula is C16H18F3N. The first-order valence-electron chi connectivity index (χ1n) is 7.13. The molecule has 1 nitrogen and oxygen atoms in total. The molecule has 108 valence electrons. The Kier molecular flexibility index (Phi) is 3.59. The van der Waals surface area contributed by atoms with Crippen LogP contribution >= 0.6 is 0 Å². The normalized spacial score (nSPS) is 26.2. The molecule has 4 heteroatoms. The number of fused-ring (bicyclic) bond motifs is 2. The van der Waals surface area contributed by atoms with Gasteiger partial charge >= 0.3 is 6.18 Å². The summed E-state index contributed by atoms with van der Waals surface area (Å²) in [4.78, 5) is 0. The molecule has 0 aliphatic carbocycles. The molecule has 0 spiro atoms. The quantitative estimate of drug-likeness (QED) is 0.805. The lowest BCUT2D eigenvalue weighted by Crippen LogP contribution is -2.44. The SMILES string of the molecule is FC(F)(F)c1ccccc1CC1=CC2CCCC(C1)N2. The Morgan fingerprint density at radius 2 is 1.95 bits per heavy atom. The second-order valence-corrected chi connectivity index (χ2v) is 5.76. The van der Waals surface area contributed by atoms with Crippen molar-refractivity contribution in [2.45, 2.75) is 50.4 Å². The number of alkyl halides is 3. The van der Waals surface area contributed by atoms with Gasteiger partial charge in [0, 0.05) is 12.1 Å². The summed E-state index contributed by atoms with van der Waals surface area (Å²) in [6.07, 6.45) is 2.62. The predicted octanol–water partition coefficient (Wildman–Crippen LogP) is 4.09. The van der Waals surface area contributed by atoms with Gasteiger partial charge in [0.2, 0.25) is 0 Å². The van der Waals surface area contributed by atoms with Crippen LogP contribution in [0.5, 0.6) is 0 Å². The number of nitrogens with one attached hydrogen (secondary N) is 1. The number of benzene rings is 1. The molecule has 1 N–H and O–H groups in total. The Hall–Kier alpha value is -1.29. The van der Waals surface area contributed by atoms with Crippen LogP contribution in [0, 0.1) is 0 Å². The van der Waals surface area contributed by atoms with Crippen LogP contribution in [0.4, 0.5) is 13.2 Å². The van der Waals surface area contributed by atoms with Gasteiger partial charge in [-0.2, -0.15) is 13.2 Å². The van der Waals surface area contributed by atoms with Crippen molar-refractivity contribution in [3.63, 3.8) is 0 Å². The maximum absolute atomic E-state index is 13.0. The van der Waals surface area contributed by atoms with E-state index < -0.39 is 11.7 Å². The largest absolute Gasteiger partial charge is 0.416 e. The van der Waals surface area contributed by atoms with Gasteiger partial charge in [0.1, 0.15) is 0 Å². The Labute approximate surface area is 116 Å². The summed E-state index contributed by atoms with van der Waals surface area (Å²) >= 11 is 0. The average molecular weight is 281 g/mol. The molecule has 2 aliphatic rings. The number of hydrogen-bond acceptors (Lipinski definition) is 1. The van der Waals surface area contributed by atoms with Crippen molar-refractivity contribution in [3.05, 3.63) is 47.0 Å². The summed E-state index contributed by atoms with van der Waals surface area (Å²) in [6, 6.07) is 6.73. The number of piperidine rings is 1. The third kappa shape index (κ3) is 2.90. The summed E-state index contributed by atoms with van der Waals surface area (Å²) in [5, 5.41) is 3.51. The molecule has 2 unspecified atom stereocenters. The highest BCUT2D eigenvalue weighted by molar-refractivity contribution is 5.34. The molecule has 1 aromatic rings. The van der Waals surface area contributed by atoms with E-state index in [2.05, 4.69) is 11.4 Å². The molecule has 2 atom stereocenters. The molecule has 2 bridgehead atoms. The van der Waals surface area contributed by atoms with Crippen LogP contribution in [0.3, 0.4) is 0 Å². The highest BCUT2D eigenvalue weighted by atomic mass is 19.4. The van der Waals surface area contributed by atoms with E-state index >= 15 is 0 Å². The van der Waals surface area contributed by atoms with Gasteiger partial charge in [-0.25, -0.2) is 0 Å². The Morgan fingerprint density at radius 3 is 2.70 bits per heavy atom. The molecule has 0 radical (unpaired) electrons. The molecular weight excluding hydrogens is 263 g/mol. The average Bonchev–Trinajstić information content (AvgIpc) is 2.37. The number of hydrogen-bond donors (Lipinski definition) is 1. The third-order valence-electron chi connectivity index (χ3n) is 4.20. The van der Waals surface area contributed by atoms with E-state index in [9.17, 15) is 13.2 Å². The molecule has 0 amide bonds. The lowest BCUT2D eigenvalue weighted by atomic mass is 9.84. The first-order valence-corrected chi connectivity index (χ1v) is 7.13. The van der Waals surface area contributed by atoms with Gasteiger partial charge in [-0.05, 0) is 37.3 Å². The first-order chi connectivity index (χ1) is 9.52. The van der Waals surface area contributed by atoms with Crippen molar-refractivity contribution in [1.82, 2.24) is 5.32 Å². The predicted molar refractivity (Wildman–Crippen MR) is 72.4 cm³/mol. The van der Waals surface area contributed by atoms with Crippen LogP contribution < -0.4 is 5.32 Å². The highest BCUT2D eigenvalue weighted by Gasteiger charge is 2.33. The lowest BCUT2D eigenvalue weighted by molar-refractivity contribution is -0.138. The van der Waals surface area contributed by atoms with Crippen molar-refractivity contribution in [2.75, 3.05) is 0 Å². The Bertz CT molecular complexity index is 519. The van der Waals surface area contributed by atoms with Gasteiger partial charge in [0.05, 0.1) is 5.56 Å². The summed E-state index contributed by atoms with van der Waals surface area (Å²) < 4.78 is 39.0. The fourth-order valence-corrected chi connectivity index (χ4v) is 3.34. The summed E-state index contributed by atoms with van der Waals surface area (Å²) in [7, 11) is 0. The maximum atomic E-state index is 13.0. The van der Waals surface area contributed by atoms with Gasteiger partial charge < -0.3 is 5.32 Å². The van der Waals surface area contributed by atoms with Gasteiger partial charge in [0.25, 0.3) is 0 Å².